The maximum atomic E-state index is 6.49. The van der Waals surface area contributed by atoms with Crippen molar-refractivity contribution in [2.75, 3.05) is 11.4 Å². The maximum Gasteiger partial charge on any atom is 0.126 e. The summed E-state index contributed by atoms with van der Waals surface area (Å²) in [5.41, 5.74) is 2.32. The molecule has 4 heteroatoms. The van der Waals surface area contributed by atoms with Crippen LogP contribution in [0.5, 0.6) is 0 Å². The summed E-state index contributed by atoms with van der Waals surface area (Å²) in [5.74, 6) is 2.55. The van der Waals surface area contributed by atoms with Crippen molar-refractivity contribution in [1.82, 2.24) is 4.90 Å². The average molecular weight is 414 g/mol. The van der Waals surface area contributed by atoms with E-state index in [0.29, 0.717) is 6.04 Å². The fraction of sp³-hybridized carbons (Fsp3) is 0.720. The monoisotopic (exact) mass is 413 g/mol. The van der Waals surface area contributed by atoms with Gasteiger partial charge in [0, 0.05) is 24.2 Å². The van der Waals surface area contributed by atoms with E-state index < -0.39 is 0 Å². The highest BCUT2D eigenvalue weighted by Gasteiger charge is 2.47. The van der Waals surface area contributed by atoms with Crippen LogP contribution >= 0.6 is 11.6 Å². The standard InChI is InChI=1S/C25H36ClN3/c1-16-10-17(2)12-21(11-16)29-19-9-8-18(3)24(29)14-20(13-19)28-15-25(26)27-22-6-4-5-7-23(22)28/h4-7,16-21,24H,8-15H2,1-3H3/t16-,17+,18-,19+,20-,21?,24+/m1/s1. The number of para-hydroxylation sites is 2. The molecule has 0 aromatic heterocycles. The van der Waals surface area contributed by atoms with Gasteiger partial charge in [0.1, 0.15) is 5.17 Å². The number of benzene rings is 1. The molecule has 2 bridgehead atoms. The molecule has 3 nitrogen and oxygen atoms in total. The Morgan fingerprint density at radius 2 is 1.62 bits per heavy atom. The van der Waals surface area contributed by atoms with E-state index in [9.17, 15) is 0 Å². The van der Waals surface area contributed by atoms with Gasteiger partial charge in [-0.25, -0.2) is 4.99 Å². The van der Waals surface area contributed by atoms with E-state index >= 15 is 0 Å². The van der Waals surface area contributed by atoms with E-state index in [0.717, 1.165) is 53.3 Å². The molecule has 0 N–H and O–H groups in total. The van der Waals surface area contributed by atoms with Crippen LogP contribution in [0.15, 0.2) is 29.3 Å². The van der Waals surface area contributed by atoms with Crippen LogP contribution in [0, 0.1) is 17.8 Å². The fourth-order valence-electron chi connectivity index (χ4n) is 7.13. The molecule has 0 amide bonds. The third-order valence-corrected chi connectivity index (χ3v) is 8.43. The third kappa shape index (κ3) is 3.74. The quantitative estimate of drug-likeness (QED) is 0.572. The zero-order valence-electron chi connectivity index (χ0n) is 18.2. The van der Waals surface area contributed by atoms with Gasteiger partial charge in [-0.3, -0.25) is 4.90 Å². The van der Waals surface area contributed by atoms with Gasteiger partial charge in [-0.15, -0.1) is 0 Å². The Morgan fingerprint density at radius 1 is 0.862 bits per heavy atom. The van der Waals surface area contributed by atoms with Crippen LogP contribution < -0.4 is 4.90 Å². The van der Waals surface area contributed by atoms with Gasteiger partial charge in [0.25, 0.3) is 0 Å². The van der Waals surface area contributed by atoms with E-state index in [1.807, 2.05) is 0 Å². The van der Waals surface area contributed by atoms with Gasteiger partial charge in [-0.2, -0.15) is 0 Å². The first-order valence-corrected chi connectivity index (χ1v) is 12.2. The highest BCUT2D eigenvalue weighted by molar-refractivity contribution is 6.66. The lowest BCUT2D eigenvalue weighted by atomic mass is 9.71. The van der Waals surface area contributed by atoms with Crippen LogP contribution in [-0.4, -0.2) is 40.8 Å². The van der Waals surface area contributed by atoms with Crippen molar-refractivity contribution in [1.29, 1.82) is 0 Å². The molecule has 3 heterocycles. The smallest absolute Gasteiger partial charge is 0.126 e. The van der Waals surface area contributed by atoms with Crippen molar-refractivity contribution in [3.63, 3.8) is 0 Å². The van der Waals surface area contributed by atoms with Gasteiger partial charge < -0.3 is 4.90 Å². The van der Waals surface area contributed by atoms with Gasteiger partial charge in [0.2, 0.25) is 0 Å². The number of halogens is 1. The van der Waals surface area contributed by atoms with E-state index in [2.05, 4.69) is 59.8 Å². The Kier molecular flexibility index (Phi) is 5.41. The fourth-order valence-corrected chi connectivity index (χ4v) is 7.35. The van der Waals surface area contributed by atoms with Crippen LogP contribution in [0.3, 0.4) is 0 Å². The van der Waals surface area contributed by atoms with Crippen LogP contribution in [0.4, 0.5) is 11.4 Å². The molecule has 0 radical (unpaired) electrons. The molecule has 1 unspecified atom stereocenters. The highest BCUT2D eigenvalue weighted by atomic mass is 35.5. The van der Waals surface area contributed by atoms with Crippen molar-refractivity contribution in [2.45, 2.75) is 89.9 Å². The van der Waals surface area contributed by atoms with E-state index in [1.54, 1.807) is 0 Å². The van der Waals surface area contributed by atoms with Gasteiger partial charge in [-0.05, 0) is 74.8 Å². The molecule has 1 aromatic carbocycles. The van der Waals surface area contributed by atoms with Gasteiger partial charge in [-0.1, -0.05) is 44.5 Å². The highest BCUT2D eigenvalue weighted by Crippen LogP contribution is 2.46. The molecule has 1 aliphatic carbocycles. The van der Waals surface area contributed by atoms with E-state index in [1.165, 1.54) is 50.6 Å². The molecule has 2 saturated heterocycles. The minimum absolute atomic E-state index is 0.577. The largest absolute Gasteiger partial charge is 0.360 e. The van der Waals surface area contributed by atoms with Gasteiger partial charge >= 0.3 is 0 Å². The third-order valence-electron chi connectivity index (χ3n) is 8.22. The van der Waals surface area contributed by atoms with Gasteiger partial charge in [0.05, 0.1) is 17.9 Å². The number of piperidine rings is 2. The molecule has 4 aliphatic rings. The SMILES string of the molecule is C[C@@H]1CC(N2[C@H]3CC[C@@H](C)[C@@H]2C[C@H](N2CC(Cl)=Nc4ccccc42)C3)C[C@H](C)C1. The first-order valence-electron chi connectivity index (χ1n) is 11.9. The lowest BCUT2D eigenvalue weighted by molar-refractivity contribution is -0.0543. The van der Waals surface area contributed by atoms with Crippen molar-refractivity contribution in [3.8, 4) is 0 Å². The molecule has 1 aromatic rings. The molecule has 3 fully saturated rings. The Labute approximate surface area is 181 Å². The molecule has 5 rings (SSSR count). The van der Waals surface area contributed by atoms with Crippen molar-refractivity contribution in [3.05, 3.63) is 24.3 Å². The van der Waals surface area contributed by atoms with Gasteiger partial charge in [0.15, 0.2) is 0 Å². The minimum atomic E-state index is 0.577. The van der Waals surface area contributed by atoms with Crippen LogP contribution in [-0.2, 0) is 0 Å². The number of nitrogens with zero attached hydrogens (tertiary/aromatic N) is 3. The van der Waals surface area contributed by atoms with Crippen LogP contribution in [0.2, 0.25) is 0 Å². The number of aliphatic imine (C=N–C) groups is 1. The summed E-state index contributed by atoms with van der Waals surface area (Å²) >= 11 is 6.49. The summed E-state index contributed by atoms with van der Waals surface area (Å²) in [7, 11) is 0. The molecule has 7 atom stereocenters. The number of hydrogen-bond acceptors (Lipinski definition) is 3. The Hall–Kier alpha value is -1.06. The summed E-state index contributed by atoms with van der Waals surface area (Å²) in [6.07, 6.45) is 9.54. The topological polar surface area (TPSA) is 18.8 Å². The summed E-state index contributed by atoms with van der Waals surface area (Å²) in [6, 6.07) is 11.4. The molecule has 29 heavy (non-hydrogen) atoms. The second-order valence-corrected chi connectivity index (χ2v) is 11.0. The Balaban J connectivity index is 1.41. The second-order valence-electron chi connectivity index (χ2n) is 10.5. The Morgan fingerprint density at radius 3 is 2.41 bits per heavy atom. The van der Waals surface area contributed by atoms with E-state index in [-0.39, 0.29) is 0 Å². The summed E-state index contributed by atoms with van der Waals surface area (Å²) in [4.78, 5) is 10.2. The molecule has 158 valence electrons. The first-order chi connectivity index (χ1) is 14.0. The molecular weight excluding hydrogens is 378 g/mol. The maximum absolute atomic E-state index is 6.49. The predicted octanol–water partition coefficient (Wildman–Crippen LogP) is 6.23. The predicted molar refractivity (Wildman–Crippen MR) is 124 cm³/mol. The summed E-state index contributed by atoms with van der Waals surface area (Å²) < 4.78 is 0. The second kappa shape index (κ2) is 7.89. The normalized spacial score (nSPS) is 40.3. The first kappa shape index (κ1) is 19.9. The van der Waals surface area contributed by atoms with Crippen LogP contribution in [0.25, 0.3) is 0 Å². The number of fused-ring (bicyclic) bond motifs is 3. The minimum Gasteiger partial charge on any atom is -0.360 e. The molecular formula is C25H36ClN3. The van der Waals surface area contributed by atoms with Crippen molar-refractivity contribution in [2.24, 2.45) is 22.7 Å². The molecule has 3 aliphatic heterocycles. The zero-order valence-corrected chi connectivity index (χ0v) is 19.0. The lowest BCUT2D eigenvalue weighted by Gasteiger charge is -2.58. The van der Waals surface area contributed by atoms with Crippen molar-refractivity contribution >= 4 is 28.1 Å². The lowest BCUT2D eigenvalue weighted by Crippen LogP contribution is -2.63. The zero-order chi connectivity index (χ0) is 20.1. The number of anilines is 1. The molecule has 0 spiro atoms. The number of rotatable bonds is 2. The number of hydrogen-bond donors (Lipinski definition) is 0. The Bertz CT molecular complexity index is 767. The van der Waals surface area contributed by atoms with Crippen LogP contribution in [0.1, 0.15) is 65.7 Å². The summed E-state index contributed by atoms with van der Waals surface area (Å²) in [5, 5.41) is 0.735. The van der Waals surface area contributed by atoms with E-state index in [4.69, 9.17) is 11.6 Å². The molecule has 1 saturated carbocycles. The van der Waals surface area contributed by atoms with Crippen molar-refractivity contribution < 1.29 is 0 Å². The average Bonchev–Trinajstić information content (AvgIpc) is 2.69. The summed E-state index contributed by atoms with van der Waals surface area (Å²) in [6.45, 7) is 8.22.